The minimum atomic E-state index is -4.41. The van der Waals surface area contributed by atoms with Gasteiger partial charge in [0.25, 0.3) is 0 Å². The highest BCUT2D eigenvalue weighted by atomic mass is 19.4. The van der Waals surface area contributed by atoms with Gasteiger partial charge in [0.1, 0.15) is 23.7 Å². The van der Waals surface area contributed by atoms with E-state index < -0.39 is 11.7 Å². The van der Waals surface area contributed by atoms with Gasteiger partial charge in [0.05, 0.1) is 5.56 Å². The maximum absolute atomic E-state index is 12.6. The van der Waals surface area contributed by atoms with Crippen molar-refractivity contribution in [1.29, 1.82) is 0 Å². The number of aryl methyl sites for hydroxylation is 1. The van der Waals surface area contributed by atoms with E-state index in [4.69, 9.17) is 9.15 Å². The molecule has 2 aromatic heterocycles. The van der Waals surface area contributed by atoms with Crippen molar-refractivity contribution in [3.05, 3.63) is 59.6 Å². The van der Waals surface area contributed by atoms with Crippen molar-refractivity contribution in [2.24, 2.45) is 0 Å². The topological polar surface area (TPSA) is 35.3 Å². The fraction of sp³-hybridized carbons (Fsp3) is 0.188. The fourth-order valence-electron chi connectivity index (χ4n) is 2.13. The number of aromatic nitrogens is 1. The molecule has 0 N–H and O–H groups in total. The molecule has 1 aromatic carbocycles. The zero-order valence-electron chi connectivity index (χ0n) is 11.6. The minimum Gasteiger partial charge on any atom is -0.489 e. The molecule has 2 heterocycles. The summed E-state index contributed by atoms with van der Waals surface area (Å²) in [5.41, 5.74) is 0.318. The molecule has 0 aliphatic carbocycles. The van der Waals surface area contributed by atoms with Crippen LogP contribution in [-0.2, 0) is 12.8 Å². The van der Waals surface area contributed by atoms with E-state index in [0.29, 0.717) is 11.3 Å². The van der Waals surface area contributed by atoms with Crippen LogP contribution in [0.25, 0.3) is 11.0 Å². The molecular formula is C16H12F3NO2. The third-order valence-electron chi connectivity index (χ3n) is 3.14. The highest BCUT2D eigenvalue weighted by Crippen LogP contribution is 2.29. The molecule has 0 unspecified atom stereocenters. The predicted molar refractivity (Wildman–Crippen MR) is 74.5 cm³/mol. The number of nitrogens with zero attached hydrogens (tertiary/aromatic N) is 1. The first-order valence-corrected chi connectivity index (χ1v) is 6.56. The van der Waals surface area contributed by atoms with Gasteiger partial charge in [-0.1, -0.05) is 0 Å². The summed E-state index contributed by atoms with van der Waals surface area (Å²) in [6.07, 6.45) is -2.25. The van der Waals surface area contributed by atoms with Crippen molar-refractivity contribution >= 4 is 11.0 Å². The first kappa shape index (κ1) is 14.4. The van der Waals surface area contributed by atoms with Gasteiger partial charge in [-0.3, -0.25) is 4.98 Å². The van der Waals surface area contributed by atoms with Crippen LogP contribution >= 0.6 is 0 Å². The van der Waals surface area contributed by atoms with Crippen LogP contribution < -0.4 is 4.74 Å². The van der Waals surface area contributed by atoms with E-state index in [1.54, 1.807) is 18.2 Å². The summed E-state index contributed by atoms with van der Waals surface area (Å²) in [6, 6.07) is 8.17. The zero-order valence-corrected chi connectivity index (χ0v) is 11.6. The van der Waals surface area contributed by atoms with Crippen LogP contribution in [0.4, 0.5) is 13.2 Å². The third kappa shape index (κ3) is 3.05. The van der Waals surface area contributed by atoms with Gasteiger partial charge in [-0.2, -0.15) is 13.2 Å². The summed E-state index contributed by atoms with van der Waals surface area (Å²) in [6.45, 7) is 1.86. The van der Waals surface area contributed by atoms with Gasteiger partial charge in [0, 0.05) is 23.3 Å². The van der Waals surface area contributed by atoms with Crippen LogP contribution in [0, 0.1) is 6.92 Å². The number of hydrogen-bond donors (Lipinski definition) is 0. The van der Waals surface area contributed by atoms with Crippen LogP contribution in [0.1, 0.15) is 16.9 Å². The Balaban J connectivity index is 1.76. The van der Waals surface area contributed by atoms with Gasteiger partial charge in [-0.15, -0.1) is 0 Å². The lowest BCUT2D eigenvalue weighted by molar-refractivity contribution is -0.137. The predicted octanol–water partition coefficient (Wildman–Crippen LogP) is 4.73. The molecule has 6 heteroatoms. The Morgan fingerprint density at radius 1 is 1.14 bits per heavy atom. The maximum Gasteiger partial charge on any atom is 0.417 e. The van der Waals surface area contributed by atoms with Crippen molar-refractivity contribution in [1.82, 2.24) is 4.98 Å². The quantitative estimate of drug-likeness (QED) is 0.701. The molecule has 0 radical (unpaired) electrons. The molecular weight excluding hydrogens is 295 g/mol. The number of pyridine rings is 1. The monoisotopic (exact) mass is 307 g/mol. The minimum absolute atomic E-state index is 0.0132. The number of rotatable bonds is 3. The molecule has 0 bridgehead atoms. The Kier molecular flexibility index (Phi) is 3.52. The summed E-state index contributed by atoms with van der Waals surface area (Å²) >= 11 is 0. The fourth-order valence-corrected chi connectivity index (χ4v) is 2.13. The SMILES string of the molecule is Cc1cc2cc(OCc3cncc(C(F)(F)F)c3)ccc2o1. The van der Waals surface area contributed by atoms with Crippen LogP contribution in [0.3, 0.4) is 0 Å². The lowest BCUT2D eigenvalue weighted by atomic mass is 10.2. The van der Waals surface area contributed by atoms with E-state index in [9.17, 15) is 13.2 Å². The lowest BCUT2D eigenvalue weighted by Gasteiger charge is -2.09. The van der Waals surface area contributed by atoms with Gasteiger partial charge < -0.3 is 9.15 Å². The molecule has 3 nitrogen and oxygen atoms in total. The second kappa shape index (κ2) is 5.36. The van der Waals surface area contributed by atoms with Gasteiger partial charge in [-0.25, -0.2) is 0 Å². The van der Waals surface area contributed by atoms with E-state index in [0.717, 1.165) is 29.0 Å². The number of halogens is 3. The van der Waals surface area contributed by atoms with Crippen molar-refractivity contribution in [2.75, 3.05) is 0 Å². The summed E-state index contributed by atoms with van der Waals surface area (Å²) < 4.78 is 48.8. The van der Waals surface area contributed by atoms with Crippen LogP contribution in [0.5, 0.6) is 5.75 Å². The number of hydrogen-bond acceptors (Lipinski definition) is 3. The van der Waals surface area contributed by atoms with E-state index in [-0.39, 0.29) is 6.61 Å². The molecule has 0 spiro atoms. The van der Waals surface area contributed by atoms with E-state index in [1.807, 2.05) is 13.0 Å². The Morgan fingerprint density at radius 3 is 2.73 bits per heavy atom. The molecule has 0 saturated heterocycles. The van der Waals surface area contributed by atoms with Crippen molar-refractivity contribution in [3.63, 3.8) is 0 Å². The molecule has 114 valence electrons. The van der Waals surface area contributed by atoms with Crippen LogP contribution in [-0.4, -0.2) is 4.98 Å². The standard InChI is InChI=1S/C16H12F3NO2/c1-10-4-12-6-14(2-3-15(12)22-10)21-9-11-5-13(8-20-7-11)16(17,18)19/h2-8H,9H2,1H3. The maximum atomic E-state index is 12.6. The van der Waals surface area contributed by atoms with Gasteiger partial charge in [-0.05, 0) is 37.3 Å². The highest BCUT2D eigenvalue weighted by molar-refractivity contribution is 5.79. The Labute approximate surface area is 124 Å². The van der Waals surface area contributed by atoms with Crippen LogP contribution in [0.2, 0.25) is 0 Å². The third-order valence-corrected chi connectivity index (χ3v) is 3.14. The Bertz CT molecular complexity index is 809. The molecule has 0 aliphatic heterocycles. The molecule has 0 aliphatic rings. The van der Waals surface area contributed by atoms with Crippen LogP contribution in [0.15, 0.2) is 47.1 Å². The van der Waals surface area contributed by atoms with E-state index in [1.165, 1.54) is 6.20 Å². The number of ether oxygens (including phenoxy) is 1. The summed E-state index contributed by atoms with van der Waals surface area (Å²) in [5, 5.41) is 0.886. The smallest absolute Gasteiger partial charge is 0.417 e. The summed E-state index contributed by atoms with van der Waals surface area (Å²) in [5.74, 6) is 1.35. The number of benzene rings is 1. The average molecular weight is 307 g/mol. The molecule has 3 aromatic rings. The normalized spacial score (nSPS) is 11.8. The first-order valence-electron chi connectivity index (χ1n) is 6.56. The van der Waals surface area contributed by atoms with Gasteiger partial charge in [0.2, 0.25) is 0 Å². The van der Waals surface area contributed by atoms with Crippen molar-refractivity contribution < 1.29 is 22.3 Å². The number of fused-ring (bicyclic) bond motifs is 1. The molecule has 0 amide bonds. The van der Waals surface area contributed by atoms with Gasteiger partial charge >= 0.3 is 6.18 Å². The molecule has 0 saturated carbocycles. The molecule has 22 heavy (non-hydrogen) atoms. The molecule has 3 rings (SSSR count). The average Bonchev–Trinajstić information content (AvgIpc) is 2.84. The van der Waals surface area contributed by atoms with E-state index in [2.05, 4.69) is 4.98 Å². The molecule has 0 fully saturated rings. The first-order chi connectivity index (χ1) is 10.4. The summed E-state index contributed by atoms with van der Waals surface area (Å²) in [7, 11) is 0. The highest BCUT2D eigenvalue weighted by Gasteiger charge is 2.30. The number of alkyl halides is 3. The zero-order chi connectivity index (χ0) is 15.7. The summed E-state index contributed by atoms with van der Waals surface area (Å²) in [4.78, 5) is 3.60. The second-order valence-electron chi connectivity index (χ2n) is 4.92. The second-order valence-corrected chi connectivity index (χ2v) is 4.92. The van der Waals surface area contributed by atoms with E-state index >= 15 is 0 Å². The molecule has 0 atom stereocenters. The van der Waals surface area contributed by atoms with Crippen molar-refractivity contribution in [3.8, 4) is 5.75 Å². The number of furan rings is 1. The Morgan fingerprint density at radius 2 is 1.95 bits per heavy atom. The van der Waals surface area contributed by atoms with Crippen molar-refractivity contribution in [2.45, 2.75) is 19.7 Å². The largest absolute Gasteiger partial charge is 0.489 e. The van der Waals surface area contributed by atoms with Gasteiger partial charge in [0.15, 0.2) is 0 Å². The lowest BCUT2D eigenvalue weighted by Crippen LogP contribution is -2.07. The Hall–Kier alpha value is -2.50.